The van der Waals surface area contributed by atoms with Crippen molar-refractivity contribution in [3.63, 3.8) is 0 Å². The summed E-state index contributed by atoms with van der Waals surface area (Å²) in [6.45, 7) is 7.76. The lowest BCUT2D eigenvalue weighted by atomic mass is 10.1. The zero-order chi connectivity index (χ0) is 26.6. The summed E-state index contributed by atoms with van der Waals surface area (Å²) in [6, 6.07) is 18.1. The van der Waals surface area contributed by atoms with Crippen molar-refractivity contribution in [1.29, 1.82) is 5.26 Å². The van der Waals surface area contributed by atoms with Gasteiger partial charge in [-0.25, -0.2) is 0 Å². The fourth-order valence-electron chi connectivity index (χ4n) is 6.18. The normalized spacial score (nSPS) is 17.2. The van der Waals surface area contributed by atoms with Crippen LogP contribution in [0.25, 0.3) is 23.1 Å². The lowest BCUT2D eigenvalue weighted by Gasteiger charge is -2.38. The molecule has 2 N–H and O–H groups in total. The number of piperazine rings is 1. The molecule has 0 amide bonds. The van der Waals surface area contributed by atoms with E-state index in [0.717, 1.165) is 59.3 Å². The maximum Gasteiger partial charge on any atom is 0.103 e. The Labute approximate surface area is 231 Å². The van der Waals surface area contributed by atoms with Crippen molar-refractivity contribution in [3.05, 3.63) is 88.9 Å². The summed E-state index contributed by atoms with van der Waals surface area (Å²) in [6.07, 6.45) is 15.2. The Morgan fingerprint density at radius 2 is 1.90 bits per heavy atom. The van der Waals surface area contributed by atoms with E-state index in [1.165, 1.54) is 49.7 Å². The van der Waals surface area contributed by atoms with E-state index in [-0.39, 0.29) is 0 Å². The molecule has 1 aliphatic heterocycles. The number of rotatable bonds is 7. The summed E-state index contributed by atoms with van der Waals surface area (Å²) >= 11 is 0. The van der Waals surface area contributed by atoms with Crippen molar-refractivity contribution < 1.29 is 0 Å². The van der Waals surface area contributed by atoms with Crippen LogP contribution in [0.5, 0.6) is 0 Å². The molecule has 6 heteroatoms. The van der Waals surface area contributed by atoms with Crippen molar-refractivity contribution in [2.24, 2.45) is 0 Å². The summed E-state index contributed by atoms with van der Waals surface area (Å²) in [5.74, 6) is 0. The highest BCUT2D eigenvalue weighted by Crippen LogP contribution is 2.31. The van der Waals surface area contributed by atoms with E-state index in [9.17, 15) is 5.26 Å². The molecule has 2 fully saturated rings. The van der Waals surface area contributed by atoms with Gasteiger partial charge in [-0.3, -0.25) is 14.8 Å². The average Bonchev–Trinajstić information content (AvgIpc) is 3.68. The van der Waals surface area contributed by atoms with Gasteiger partial charge in [-0.05, 0) is 54.7 Å². The number of aromatic amines is 1. The number of nitrogens with one attached hydrogen (secondary N) is 2. The summed E-state index contributed by atoms with van der Waals surface area (Å²) in [4.78, 5) is 12.9. The Morgan fingerprint density at radius 3 is 2.72 bits per heavy atom. The largest absolute Gasteiger partial charge is 0.361 e. The molecule has 0 unspecified atom stereocenters. The topological polar surface area (TPSA) is 71.0 Å². The van der Waals surface area contributed by atoms with Crippen LogP contribution in [0.3, 0.4) is 0 Å². The third-order valence-electron chi connectivity index (χ3n) is 8.42. The van der Waals surface area contributed by atoms with Gasteiger partial charge in [0, 0.05) is 79.5 Å². The average molecular weight is 517 g/mol. The molecule has 0 atom stereocenters. The Bertz CT molecular complexity index is 1510. The predicted octanol–water partition coefficient (Wildman–Crippen LogP) is 6.72. The number of benzene rings is 2. The van der Waals surface area contributed by atoms with Gasteiger partial charge in [0.2, 0.25) is 0 Å². The molecule has 1 saturated carbocycles. The summed E-state index contributed by atoms with van der Waals surface area (Å²) < 4.78 is 0. The van der Waals surface area contributed by atoms with Gasteiger partial charge < -0.3 is 10.3 Å². The van der Waals surface area contributed by atoms with E-state index in [2.05, 4.69) is 92.7 Å². The molecule has 6 nitrogen and oxygen atoms in total. The number of fused-ring (bicyclic) bond motifs is 1. The lowest BCUT2D eigenvalue weighted by molar-refractivity contribution is 0.0937. The fourth-order valence-corrected chi connectivity index (χ4v) is 6.18. The minimum Gasteiger partial charge on any atom is -0.361 e. The third kappa shape index (κ3) is 5.61. The number of pyridine rings is 1. The number of hydrogen-bond donors (Lipinski definition) is 2. The van der Waals surface area contributed by atoms with Crippen LogP contribution in [0.4, 0.5) is 11.4 Å². The quantitative estimate of drug-likeness (QED) is 0.285. The number of anilines is 2. The van der Waals surface area contributed by atoms with Crippen LogP contribution in [0.15, 0.2) is 61.1 Å². The Morgan fingerprint density at radius 1 is 1.05 bits per heavy atom. The number of nitriles is 1. The molecule has 0 spiro atoms. The minimum absolute atomic E-state index is 0.524. The summed E-state index contributed by atoms with van der Waals surface area (Å²) in [7, 11) is 0. The van der Waals surface area contributed by atoms with E-state index in [4.69, 9.17) is 0 Å². The Kier molecular flexibility index (Phi) is 7.44. The molecule has 2 aromatic heterocycles. The SMILES string of the molecule is Cc1c(Nc2c(C#N)cncc2C=Cc2cccc(CN3CCN(C4CCCC4)CC3)c2)ccc2[nH]ccc12. The van der Waals surface area contributed by atoms with Crippen molar-refractivity contribution in [2.45, 2.75) is 45.2 Å². The van der Waals surface area contributed by atoms with Gasteiger partial charge in [-0.2, -0.15) is 5.26 Å². The van der Waals surface area contributed by atoms with Crippen LogP contribution < -0.4 is 5.32 Å². The second-order valence-corrected chi connectivity index (χ2v) is 10.9. The van der Waals surface area contributed by atoms with E-state index in [1.54, 1.807) is 6.20 Å². The van der Waals surface area contributed by atoms with Crippen molar-refractivity contribution in [3.8, 4) is 6.07 Å². The highest BCUT2D eigenvalue weighted by Gasteiger charge is 2.26. The highest BCUT2D eigenvalue weighted by atomic mass is 15.3. The molecule has 1 aliphatic carbocycles. The second kappa shape index (κ2) is 11.4. The smallest absolute Gasteiger partial charge is 0.103 e. The summed E-state index contributed by atoms with van der Waals surface area (Å²) in [5.41, 5.74) is 7.89. The zero-order valence-electron chi connectivity index (χ0n) is 22.7. The first-order valence-electron chi connectivity index (χ1n) is 14.1. The first-order valence-corrected chi connectivity index (χ1v) is 14.1. The van der Waals surface area contributed by atoms with Crippen molar-refractivity contribution >= 4 is 34.4 Å². The molecular weight excluding hydrogens is 480 g/mol. The number of H-pyrrole nitrogens is 1. The van der Waals surface area contributed by atoms with Crippen molar-refractivity contribution in [1.82, 2.24) is 19.8 Å². The van der Waals surface area contributed by atoms with Gasteiger partial charge in [0.25, 0.3) is 0 Å². The van der Waals surface area contributed by atoms with Crippen LogP contribution in [-0.4, -0.2) is 52.0 Å². The van der Waals surface area contributed by atoms with Crippen LogP contribution in [-0.2, 0) is 6.54 Å². The molecule has 4 aromatic rings. The van der Waals surface area contributed by atoms with Gasteiger partial charge in [0.15, 0.2) is 0 Å². The molecule has 6 rings (SSSR count). The lowest BCUT2D eigenvalue weighted by Crippen LogP contribution is -2.49. The van der Waals surface area contributed by atoms with Crippen LogP contribution in [0, 0.1) is 18.3 Å². The molecule has 2 aliphatic rings. The van der Waals surface area contributed by atoms with Gasteiger partial charge in [-0.15, -0.1) is 0 Å². The second-order valence-electron chi connectivity index (χ2n) is 10.9. The molecule has 3 heterocycles. The number of hydrogen-bond acceptors (Lipinski definition) is 5. The first-order chi connectivity index (χ1) is 19.2. The maximum atomic E-state index is 9.82. The van der Waals surface area contributed by atoms with Gasteiger partial charge in [0.1, 0.15) is 6.07 Å². The van der Waals surface area contributed by atoms with Gasteiger partial charge in [0.05, 0.1) is 11.3 Å². The Hall–Kier alpha value is -3.92. The van der Waals surface area contributed by atoms with E-state index >= 15 is 0 Å². The maximum absolute atomic E-state index is 9.82. The first kappa shape index (κ1) is 25.4. The molecule has 1 saturated heterocycles. The van der Waals surface area contributed by atoms with Crippen molar-refractivity contribution in [2.75, 3.05) is 31.5 Å². The molecule has 0 bridgehead atoms. The molecule has 0 radical (unpaired) electrons. The number of aryl methyl sites for hydroxylation is 1. The van der Waals surface area contributed by atoms with Crippen LogP contribution in [0.1, 0.15) is 53.5 Å². The fraction of sp³-hybridized carbons (Fsp3) is 0.333. The van der Waals surface area contributed by atoms with E-state index in [0.29, 0.717) is 5.56 Å². The zero-order valence-corrected chi connectivity index (χ0v) is 22.7. The van der Waals surface area contributed by atoms with Crippen LogP contribution >= 0.6 is 0 Å². The van der Waals surface area contributed by atoms with E-state index < -0.39 is 0 Å². The third-order valence-corrected chi connectivity index (χ3v) is 8.42. The van der Waals surface area contributed by atoms with Gasteiger partial charge in [-0.1, -0.05) is 49.3 Å². The molecule has 39 heavy (non-hydrogen) atoms. The highest BCUT2D eigenvalue weighted by molar-refractivity contribution is 5.90. The molecule has 198 valence electrons. The number of aromatic nitrogens is 2. The minimum atomic E-state index is 0.524. The van der Waals surface area contributed by atoms with Crippen LogP contribution in [0.2, 0.25) is 0 Å². The predicted molar refractivity (Wildman–Crippen MR) is 160 cm³/mol. The summed E-state index contributed by atoms with van der Waals surface area (Å²) in [5, 5.41) is 14.5. The standard InChI is InChI=1S/C33H36N6/c1-24-30-13-14-36-32(30)12-11-31(24)37-33-27(21-35-22-28(33)20-34)10-9-25-5-4-6-26(19-25)23-38-15-17-39(18-16-38)29-7-2-3-8-29/h4-6,9-14,19,21-22,29,36H,2-3,7-8,15-18,23H2,1H3,(H,35,37). The van der Waals surface area contributed by atoms with E-state index in [1.807, 2.05) is 12.4 Å². The molecular formula is C33H36N6. The molecule has 2 aromatic carbocycles. The Balaban J connectivity index is 1.17. The number of nitrogens with zero attached hydrogens (tertiary/aromatic N) is 4. The monoisotopic (exact) mass is 516 g/mol. The van der Waals surface area contributed by atoms with Gasteiger partial charge >= 0.3 is 0 Å².